The average Bonchev–Trinajstić information content (AvgIpc) is 2.62. The topological polar surface area (TPSA) is 64.6 Å². The van der Waals surface area contributed by atoms with E-state index in [0.717, 1.165) is 11.3 Å². The molecule has 0 heterocycles. The van der Waals surface area contributed by atoms with Gasteiger partial charge < -0.3 is 14.8 Å². The van der Waals surface area contributed by atoms with E-state index in [2.05, 4.69) is 5.32 Å². The normalized spacial score (nSPS) is 11.5. The molecule has 0 saturated carbocycles. The van der Waals surface area contributed by atoms with Gasteiger partial charge in [0, 0.05) is 0 Å². The summed E-state index contributed by atoms with van der Waals surface area (Å²) in [5.74, 6) is -0.00630. The van der Waals surface area contributed by atoms with Crippen LogP contribution in [0.15, 0.2) is 48.5 Å². The Hall–Kier alpha value is -2.53. The smallest absolute Gasteiger partial charge is 0.308 e. The zero-order valence-corrected chi connectivity index (χ0v) is 15.6. The molecule has 0 aliphatic rings. The van der Waals surface area contributed by atoms with Crippen molar-refractivity contribution in [3.8, 4) is 5.75 Å². The molecule has 0 fully saturated rings. The fourth-order valence-corrected chi connectivity index (χ4v) is 2.70. The van der Waals surface area contributed by atoms with Crippen LogP contribution in [-0.4, -0.2) is 25.1 Å². The van der Waals surface area contributed by atoms with Gasteiger partial charge in [-0.05, 0) is 43.7 Å². The summed E-state index contributed by atoms with van der Waals surface area (Å²) in [6, 6.07) is 13.5. The quantitative estimate of drug-likeness (QED) is 0.703. The van der Waals surface area contributed by atoms with Crippen LogP contribution in [0.1, 0.15) is 42.2 Å². The third kappa shape index (κ3) is 5.49. The number of nitrogens with one attached hydrogen (secondary N) is 1. The van der Waals surface area contributed by atoms with E-state index in [-0.39, 0.29) is 24.9 Å². The number of hydrogen-bond donors (Lipinski definition) is 1. The van der Waals surface area contributed by atoms with Crippen LogP contribution in [0, 0.1) is 0 Å². The second-order valence-corrected chi connectivity index (χ2v) is 5.92. The van der Waals surface area contributed by atoms with Crippen LogP contribution < -0.4 is 10.1 Å². The molecule has 0 saturated heterocycles. The van der Waals surface area contributed by atoms with Gasteiger partial charge in [-0.1, -0.05) is 35.9 Å². The van der Waals surface area contributed by atoms with Crippen LogP contribution in [0.25, 0.3) is 0 Å². The Morgan fingerprint density at radius 1 is 1.04 bits per heavy atom. The predicted molar refractivity (Wildman–Crippen MR) is 101 cm³/mol. The van der Waals surface area contributed by atoms with E-state index in [1.807, 2.05) is 19.1 Å². The lowest BCUT2D eigenvalue weighted by Crippen LogP contribution is -2.30. The van der Waals surface area contributed by atoms with Crippen molar-refractivity contribution in [1.82, 2.24) is 5.32 Å². The lowest BCUT2D eigenvalue weighted by molar-refractivity contribution is -0.143. The first kappa shape index (κ1) is 19.8. The van der Waals surface area contributed by atoms with Gasteiger partial charge in [0.1, 0.15) is 5.75 Å². The molecule has 0 unspecified atom stereocenters. The Morgan fingerprint density at radius 3 is 2.35 bits per heavy atom. The summed E-state index contributed by atoms with van der Waals surface area (Å²) >= 11 is 6.09. The van der Waals surface area contributed by atoms with Crippen molar-refractivity contribution < 1.29 is 19.1 Å². The SMILES string of the molecule is CCOC(=O)C[C@@H](NC(=O)c1ccccc1Cl)c1ccc(OCC)cc1. The number of amides is 1. The van der Waals surface area contributed by atoms with Gasteiger partial charge in [0.2, 0.25) is 0 Å². The van der Waals surface area contributed by atoms with E-state index in [9.17, 15) is 9.59 Å². The summed E-state index contributed by atoms with van der Waals surface area (Å²) in [6.07, 6.45) is 0.0258. The van der Waals surface area contributed by atoms with Crippen molar-refractivity contribution in [3.63, 3.8) is 0 Å². The molecule has 0 aliphatic heterocycles. The standard InChI is InChI=1S/C20H22ClNO4/c1-3-25-15-11-9-14(10-12-15)18(13-19(23)26-4-2)22-20(24)16-7-5-6-8-17(16)21/h5-12,18H,3-4,13H2,1-2H3,(H,22,24)/t18-/m1/s1. The number of rotatable bonds is 8. The van der Waals surface area contributed by atoms with Gasteiger partial charge >= 0.3 is 5.97 Å². The molecule has 0 aromatic heterocycles. The minimum atomic E-state index is -0.534. The van der Waals surface area contributed by atoms with E-state index in [1.165, 1.54) is 0 Å². The molecule has 6 heteroatoms. The van der Waals surface area contributed by atoms with Crippen molar-refractivity contribution in [2.75, 3.05) is 13.2 Å². The van der Waals surface area contributed by atoms with E-state index >= 15 is 0 Å². The zero-order chi connectivity index (χ0) is 18.9. The zero-order valence-electron chi connectivity index (χ0n) is 14.8. The van der Waals surface area contributed by atoms with E-state index in [1.54, 1.807) is 43.3 Å². The van der Waals surface area contributed by atoms with Crippen LogP contribution in [0.5, 0.6) is 5.75 Å². The van der Waals surface area contributed by atoms with E-state index in [0.29, 0.717) is 17.2 Å². The molecule has 0 bridgehead atoms. The number of halogens is 1. The first-order valence-corrected chi connectivity index (χ1v) is 8.86. The second-order valence-electron chi connectivity index (χ2n) is 5.52. The molecular weight excluding hydrogens is 354 g/mol. The van der Waals surface area contributed by atoms with Crippen LogP contribution in [-0.2, 0) is 9.53 Å². The van der Waals surface area contributed by atoms with Crippen molar-refractivity contribution in [2.24, 2.45) is 0 Å². The van der Waals surface area contributed by atoms with E-state index < -0.39 is 6.04 Å². The molecule has 1 atom stereocenters. The van der Waals surface area contributed by atoms with Gasteiger partial charge in [0.05, 0.1) is 36.3 Å². The molecule has 2 aromatic carbocycles. The average molecular weight is 376 g/mol. The van der Waals surface area contributed by atoms with Crippen molar-refractivity contribution in [2.45, 2.75) is 26.3 Å². The lowest BCUT2D eigenvalue weighted by Gasteiger charge is -2.19. The summed E-state index contributed by atoms with van der Waals surface area (Å²) in [6.45, 7) is 4.50. The van der Waals surface area contributed by atoms with Gasteiger partial charge in [0.25, 0.3) is 5.91 Å². The Morgan fingerprint density at radius 2 is 1.73 bits per heavy atom. The summed E-state index contributed by atoms with van der Waals surface area (Å²) in [7, 11) is 0. The van der Waals surface area contributed by atoms with Crippen molar-refractivity contribution in [3.05, 3.63) is 64.7 Å². The molecule has 26 heavy (non-hydrogen) atoms. The highest BCUT2D eigenvalue weighted by Crippen LogP contribution is 2.23. The molecule has 5 nitrogen and oxygen atoms in total. The Bertz CT molecular complexity index is 746. The van der Waals surface area contributed by atoms with Crippen molar-refractivity contribution in [1.29, 1.82) is 0 Å². The maximum atomic E-state index is 12.6. The van der Waals surface area contributed by atoms with E-state index in [4.69, 9.17) is 21.1 Å². The summed E-state index contributed by atoms with van der Waals surface area (Å²) in [4.78, 5) is 24.5. The molecule has 2 rings (SSSR count). The molecule has 0 radical (unpaired) electrons. The molecule has 1 N–H and O–H groups in total. The maximum absolute atomic E-state index is 12.6. The predicted octanol–water partition coefficient (Wildman–Crippen LogP) is 4.16. The number of esters is 1. The van der Waals surface area contributed by atoms with Gasteiger partial charge in [-0.3, -0.25) is 9.59 Å². The first-order valence-electron chi connectivity index (χ1n) is 8.48. The highest BCUT2D eigenvalue weighted by atomic mass is 35.5. The molecular formula is C20H22ClNO4. The van der Waals surface area contributed by atoms with Gasteiger partial charge in [-0.25, -0.2) is 0 Å². The molecule has 0 aliphatic carbocycles. The second kappa shape index (κ2) is 9.82. The fraction of sp³-hybridized carbons (Fsp3) is 0.300. The molecule has 2 aromatic rings. The Kier molecular flexibility index (Phi) is 7.48. The van der Waals surface area contributed by atoms with Gasteiger partial charge in [-0.15, -0.1) is 0 Å². The Balaban J connectivity index is 2.21. The maximum Gasteiger partial charge on any atom is 0.308 e. The van der Waals surface area contributed by atoms with Crippen molar-refractivity contribution >= 4 is 23.5 Å². The first-order chi connectivity index (χ1) is 12.5. The summed E-state index contributed by atoms with van der Waals surface area (Å²) < 4.78 is 10.5. The monoisotopic (exact) mass is 375 g/mol. The molecule has 138 valence electrons. The summed E-state index contributed by atoms with van der Waals surface area (Å²) in [5.41, 5.74) is 1.14. The minimum absolute atomic E-state index is 0.0258. The summed E-state index contributed by atoms with van der Waals surface area (Å²) in [5, 5.41) is 3.22. The van der Waals surface area contributed by atoms with Crippen LogP contribution >= 0.6 is 11.6 Å². The number of carbonyl (C=O) groups is 2. The fourth-order valence-electron chi connectivity index (χ4n) is 2.48. The number of ether oxygens (including phenoxy) is 2. The highest BCUT2D eigenvalue weighted by molar-refractivity contribution is 6.33. The van der Waals surface area contributed by atoms with Crippen LogP contribution in [0.4, 0.5) is 0 Å². The lowest BCUT2D eigenvalue weighted by atomic mass is 10.0. The Labute approximate surface area is 158 Å². The highest BCUT2D eigenvalue weighted by Gasteiger charge is 2.21. The third-order valence-corrected chi connectivity index (χ3v) is 4.02. The largest absolute Gasteiger partial charge is 0.494 e. The molecule has 1 amide bonds. The van der Waals surface area contributed by atoms with Gasteiger partial charge in [-0.2, -0.15) is 0 Å². The number of carbonyl (C=O) groups excluding carboxylic acids is 2. The van der Waals surface area contributed by atoms with Gasteiger partial charge in [0.15, 0.2) is 0 Å². The molecule has 0 spiro atoms. The van der Waals surface area contributed by atoms with Crippen LogP contribution in [0.2, 0.25) is 5.02 Å². The minimum Gasteiger partial charge on any atom is -0.494 e. The number of hydrogen-bond acceptors (Lipinski definition) is 4. The third-order valence-electron chi connectivity index (χ3n) is 3.69. The van der Waals surface area contributed by atoms with Crippen LogP contribution in [0.3, 0.4) is 0 Å². The number of benzene rings is 2.